The van der Waals surface area contributed by atoms with Gasteiger partial charge in [-0.3, -0.25) is 9.97 Å². The van der Waals surface area contributed by atoms with Crippen LogP contribution in [0.4, 0.5) is 0 Å². The third-order valence-electron chi connectivity index (χ3n) is 13.2. The fraction of sp³-hybridized carbons (Fsp3) is 0.0323. The maximum atomic E-state index is 7.22. The van der Waals surface area contributed by atoms with Crippen LogP contribution in [0, 0.1) is 0 Å². The number of ether oxygens (including phenoxy) is 1. The predicted molar refractivity (Wildman–Crippen MR) is 281 cm³/mol. The van der Waals surface area contributed by atoms with Gasteiger partial charge in [-0.05, 0) is 83.8 Å². The summed E-state index contributed by atoms with van der Waals surface area (Å²) in [6, 6.07) is 71.8. The van der Waals surface area contributed by atoms with E-state index >= 15 is 0 Å². The smallest absolute Gasteiger partial charge is 0.164 e. The summed E-state index contributed by atoms with van der Waals surface area (Å²) in [6.07, 6.45) is 3.60. The molecule has 0 saturated heterocycles. The molecule has 9 heteroatoms. The van der Waals surface area contributed by atoms with E-state index < -0.39 is 5.60 Å². The first-order chi connectivity index (χ1) is 35.0. The third-order valence-corrected chi connectivity index (χ3v) is 13.2. The van der Waals surface area contributed by atoms with E-state index in [1.165, 1.54) is 0 Å². The van der Waals surface area contributed by atoms with Crippen LogP contribution in [-0.2, 0) is 5.60 Å². The third kappa shape index (κ3) is 7.62. The molecular weight excluding hydrogens is 873 g/mol. The van der Waals surface area contributed by atoms with Crippen LogP contribution in [0.1, 0.15) is 18.1 Å². The first-order valence-corrected chi connectivity index (χ1v) is 23.5. The lowest BCUT2D eigenvalue weighted by molar-refractivity contribution is 0.129. The van der Waals surface area contributed by atoms with Crippen LogP contribution in [0.5, 0.6) is 5.75 Å². The van der Waals surface area contributed by atoms with Gasteiger partial charge in [0.2, 0.25) is 0 Å². The van der Waals surface area contributed by atoms with Gasteiger partial charge in [-0.25, -0.2) is 29.9 Å². The Morgan fingerprint density at radius 2 is 0.845 bits per heavy atom. The Bertz CT molecular complexity index is 3840. The van der Waals surface area contributed by atoms with Crippen molar-refractivity contribution >= 4 is 21.8 Å². The van der Waals surface area contributed by atoms with E-state index in [1.54, 1.807) is 12.4 Å². The molecule has 8 aromatic carbocycles. The summed E-state index contributed by atoms with van der Waals surface area (Å²) in [4.78, 5) is 40.3. The van der Waals surface area contributed by atoms with E-state index in [1.807, 2.05) is 121 Å². The number of benzene rings is 8. The Hall–Kier alpha value is -9.60. The molecule has 334 valence electrons. The van der Waals surface area contributed by atoms with Gasteiger partial charge in [0.25, 0.3) is 0 Å². The van der Waals surface area contributed by atoms with Gasteiger partial charge < -0.3 is 4.74 Å². The van der Waals surface area contributed by atoms with Crippen molar-refractivity contribution < 1.29 is 4.74 Å². The van der Waals surface area contributed by atoms with E-state index in [0.717, 1.165) is 94.3 Å². The highest BCUT2D eigenvalue weighted by Crippen LogP contribution is 2.50. The van der Waals surface area contributed by atoms with Crippen LogP contribution < -0.4 is 4.74 Å². The summed E-state index contributed by atoms with van der Waals surface area (Å²) in [5.41, 5.74) is 12.0. The van der Waals surface area contributed by atoms with Gasteiger partial charge in [0.1, 0.15) is 5.75 Å². The van der Waals surface area contributed by atoms with Crippen LogP contribution in [0.15, 0.2) is 225 Å². The zero-order chi connectivity index (χ0) is 47.3. The molecule has 1 aliphatic heterocycles. The number of nitrogens with zero attached hydrogens (tertiary/aromatic N) is 8. The molecule has 0 spiro atoms. The standard InChI is InChI=1S/C62H40N8O/c1-62(47-21-9-4-10-22-47)52-24-12-11-23-48(52)49-30-27-42(38-55(49)71-62)51-36-45(28-31-50(51)61-69-56(40-15-5-2-6-16-40)65-57(70-61)41-17-7-3-8-18-41)59-66-58(44-29-32-53-43(35-44)20-14-33-63-53)67-60(68-59)46-26-25-39-19-13-34-64-54(39)37-46/h2-38H,1H3. The van der Waals surface area contributed by atoms with E-state index in [0.29, 0.717) is 34.9 Å². The molecular formula is C62H40N8O. The Labute approximate surface area is 409 Å². The Morgan fingerprint density at radius 3 is 1.55 bits per heavy atom. The zero-order valence-electron chi connectivity index (χ0n) is 38.3. The lowest BCUT2D eigenvalue weighted by Gasteiger charge is -2.38. The van der Waals surface area contributed by atoms with E-state index in [2.05, 4.69) is 108 Å². The molecule has 5 heterocycles. The molecule has 1 atom stereocenters. The molecule has 0 amide bonds. The minimum absolute atomic E-state index is 0.496. The topological polar surface area (TPSA) is 112 Å². The van der Waals surface area contributed by atoms with Crippen molar-refractivity contribution in [3.63, 3.8) is 0 Å². The second-order valence-electron chi connectivity index (χ2n) is 17.7. The molecule has 0 radical (unpaired) electrons. The number of pyridine rings is 2. The van der Waals surface area contributed by atoms with Crippen molar-refractivity contribution in [3.8, 4) is 96.3 Å². The molecule has 71 heavy (non-hydrogen) atoms. The Balaban J connectivity index is 1.04. The maximum Gasteiger partial charge on any atom is 0.164 e. The lowest BCUT2D eigenvalue weighted by Crippen LogP contribution is -2.34. The Kier molecular flexibility index (Phi) is 10.1. The van der Waals surface area contributed by atoms with Crippen LogP contribution in [0.25, 0.3) is 112 Å². The molecule has 12 aromatic rings. The first kappa shape index (κ1) is 41.6. The number of hydrogen-bond donors (Lipinski definition) is 0. The Morgan fingerprint density at radius 1 is 0.324 bits per heavy atom. The average Bonchev–Trinajstić information content (AvgIpc) is 3.45. The second kappa shape index (κ2) is 17.2. The summed E-state index contributed by atoms with van der Waals surface area (Å²) < 4.78 is 7.22. The molecule has 1 unspecified atom stereocenters. The van der Waals surface area contributed by atoms with Crippen molar-refractivity contribution in [2.24, 2.45) is 0 Å². The van der Waals surface area contributed by atoms with Gasteiger partial charge in [-0.1, -0.05) is 158 Å². The highest BCUT2D eigenvalue weighted by Gasteiger charge is 2.38. The molecule has 13 rings (SSSR count). The van der Waals surface area contributed by atoms with Crippen LogP contribution in [-0.4, -0.2) is 39.9 Å². The van der Waals surface area contributed by atoms with Crippen molar-refractivity contribution in [3.05, 3.63) is 236 Å². The first-order valence-electron chi connectivity index (χ1n) is 23.5. The van der Waals surface area contributed by atoms with E-state index in [9.17, 15) is 0 Å². The fourth-order valence-corrected chi connectivity index (χ4v) is 9.61. The number of fused-ring (bicyclic) bond motifs is 5. The largest absolute Gasteiger partial charge is 0.477 e. The van der Waals surface area contributed by atoms with Crippen LogP contribution in [0.2, 0.25) is 0 Å². The molecule has 0 N–H and O–H groups in total. The highest BCUT2D eigenvalue weighted by molar-refractivity contribution is 5.90. The predicted octanol–water partition coefficient (Wildman–Crippen LogP) is 14.1. The lowest BCUT2D eigenvalue weighted by atomic mass is 9.80. The number of hydrogen-bond acceptors (Lipinski definition) is 9. The highest BCUT2D eigenvalue weighted by atomic mass is 16.5. The van der Waals surface area contributed by atoms with Gasteiger partial charge in [0, 0.05) is 67.7 Å². The average molecular weight is 913 g/mol. The van der Waals surface area contributed by atoms with Gasteiger partial charge in [0.05, 0.1) is 11.0 Å². The molecule has 0 saturated carbocycles. The summed E-state index contributed by atoms with van der Waals surface area (Å²) in [7, 11) is 0. The zero-order valence-corrected chi connectivity index (χ0v) is 38.3. The normalized spacial score (nSPS) is 13.9. The molecule has 4 aromatic heterocycles. The molecule has 0 aliphatic carbocycles. The van der Waals surface area contributed by atoms with E-state index in [-0.39, 0.29) is 0 Å². The maximum absolute atomic E-state index is 7.22. The molecule has 9 nitrogen and oxygen atoms in total. The van der Waals surface area contributed by atoms with Crippen LogP contribution in [0.3, 0.4) is 0 Å². The van der Waals surface area contributed by atoms with Gasteiger partial charge in [-0.15, -0.1) is 0 Å². The molecule has 1 aliphatic rings. The minimum atomic E-state index is -0.758. The number of aromatic nitrogens is 8. The SMILES string of the molecule is CC1(c2ccccc2)Oc2cc(-c3cc(-c4nc(-c5ccc6ncccc6c5)nc(-c5ccc6cccnc6c5)n4)ccc3-c3nc(-c4ccccc4)nc(-c4ccccc4)n3)ccc2-c2ccccc21. The van der Waals surface area contributed by atoms with Crippen molar-refractivity contribution in [1.29, 1.82) is 0 Å². The summed E-state index contributed by atoms with van der Waals surface area (Å²) >= 11 is 0. The van der Waals surface area contributed by atoms with Crippen molar-refractivity contribution in [1.82, 2.24) is 39.9 Å². The van der Waals surface area contributed by atoms with Gasteiger partial charge >= 0.3 is 0 Å². The van der Waals surface area contributed by atoms with E-state index in [4.69, 9.17) is 34.6 Å². The van der Waals surface area contributed by atoms with Crippen LogP contribution >= 0.6 is 0 Å². The monoisotopic (exact) mass is 912 g/mol. The van der Waals surface area contributed by atoms with Crippen molar-refractivity contribution in [2.75, 3.05) is 0 Å². The quantitative estimate of drug-likeness (QED) is 0.147. The van der Waals surface area contributed by atoms with Crippen molar-refractivity contribution in [2.45, 2.75) is 12.5 Å². The summed E-state index contributed by atoms with van der Waals surface area (Å²) in [6.45, 7) is 2.15. The molecule has 0 fully saturated rings. The van der Waals surface area contributed by atoms with Gasteiger partial charge in [0.15, 0.2) is 40.5 Å². The number of rotatable bonds is 8. The second-order valence-corrected chi connectivity index (χ2v) is 17.7. The van der Waals surface area contributed by atoms with Gasteiger partial charge in [-0.2, -0.15) is 0 Å². The fourth-order valence-electron chi connectivity index (χ4n) is 9.61. The summed E-state index contributed by atoms with van der Waals surface area (Å²) in [5.74, 6) is 3.95. The molecule has 0 bridgehead atoms. The minimum Gasteiger partial charge on any atom is -0.477 e. The summed E-state index contributed by atoms with van der Waals surface area (Å²) in [5, 5.41) is 2.01.